The van der Waals surface area contributed by atoms with E-state index in [-0.39, 0.29) is 17.6 Å². The molecule has 1 aliphatic rings. The molecule has 1 aliphatic heterocycles. The van der Waals surface area contributed by atoms with Gasteiger partial charge in [-0.05, 0) is 19.4 Å². The number of nitro groups is 1. The average Bonchev–Trinajstić information content (AvgIpc) is 2.46. The lowest BCUT2D eigenvalue weighted by atomic mass is 10.2. The van der Waals surface area contributed by atoms with E-state index in [9.17, 15) is 14.9 Å². The molecule has 1 saturated heterocycles. The lowest BCUT2D eigenvalue weighted by Crippen LogP contribution is -2.53. The first kappa shape index (κ1) is 15.2. The molecule has 1 atom stereocenters. The molecule has 0 unspecified atom stereocenters. The van der Waals surface area contributed by atoms with Crippen molar-refractivity contribution >= 4 is 17.4 Å². The number of carbonyl (C=O) groups is 1. The first-order valence-corrected chi connectivity index (χ1v) is 6.79. The number of hydrogen-bond donors (Lipinski definition) is 1. The molecular formula is C13H19N5O3. The van der Waals surface area contributed by atoms with Gasteiger partial charge in [-0.1, -0.05) is 0 Å². The van der Waals surface area contributed by atoms with Crippen molar-refractivity contribution in [1.29, 1.82) is 0 Å². The number of rotatable bonds is 4. The Morgan fingerprint density at radius 2 is 2.05 bits per heavy atom. The molecule has 21 heavy (non-hydrogen) atoms. The molecule has 0 aromatic carbocycles. The van der Waals surface area contributed by atoms with Gasteiger partial charge in [-0.2, -0.15) is 0 Å². The fourth-order valence-electron chi connectivity index (χ4n) is 2.43. The topological polar surface area (TPSA) is 106 Å². The number of piperazine rings is 1. The first-order valence-electron chi connectivity index (χ1n) is 6.79. The number of amides is 1. The third-order valence-electron chi connectivity index (χ3n) is 3.75. The van der Waals surface area contributed by atoms with E-state index in [0.29, 0.717) is 32.0 Å². The van der Waals surface area contributed by atoms with Crippen LogP contribution in [0.3, 0.4) is 0 Å². The summed E-state index contributed by atoms with van der Waals surface area (Å²) in [6, 6.07) is 1.20. The number of primary amides is 1. The van der Waals surface area contributed by atoms with Crippen molar-refractivity contribution in [2.45, 2.75) is 19.9 Å². The highest BCUT2D eigenvalue weighted by molar-refractivity contribution is 5.79. The van der Waals surface area contributed by atoms with E-state index in [1.807, 2.05) is 9.80 Å². The quantitative estimate of drug-likeness (QED) is 0.632. The van der Waals surface area contributed by atoms with Gasteiger partial charge in [-0.15, -0.1) is 0 Å². The summed E-state index contributed by atoms with van der Waals surface area (Å²) in [5, 5.41) is 11.1. The molecule has 0 saturated carbocycles. The van der Waals surface area contributed by atoms with Crippen molar-refractivity contribution in [3.8, 4) is 0 Å². The maximum atomic E-state index is 11.2. The molecule has 1 aromatic heterocycles. The molecule has 2 rings (SSSR count). The molecule has 1 amide bonds. The number of nitrogens with zero attached hydrogens (tertiary/aromatic N) is 4. The molecule has 1 aromatic rings. The fourth-order valence-corrected chi connectivity index (χ4v) is 2.43. The largest absolute Gasteiger partial charge is 0.368 e. The normalized spacial score (nSPS) is 17.5. The third-order valence-corrected chi connectivity index (χ3v) is 3.75. The van der Waals surface area contributed by atoms with Crippen molar-refractivity contribution < 1.29 is 9.72 Å². The van der Waals surface area contributed by atoms with Crippen LogP contribution in [0.4, 0.5) is 11.5 Å². The minimum absolute atomic E-state index is 0.0198. The van der Waals surface area contributed by atoms with Gasteiger partial charge in [0, 0.05) is 38.4 Å². The molecule has 114 valence electrons. The summed E-state index contributed by atoms with van der Waals surface area (Å²) in [5.74, 6) is 0.0277. The number of nitrogens with two attached hydrogens (primary N) is 1. The van der Waals surface area contributed by atoms with Crippen LogP contribution >= 0.6 is 0 Å². The van der Waals surface area contributed by atoms with E-state index < -0.39 is 4.92 Å². The Morgan fingerprint density at radius 3 is 2.57 bits per heavy atom. The first-order chi connectivity index (χ1) is 9.90. The zero-order valence-electron chi connectivity index (χ0n) is 12.2. The summed E-state index contributed by atoms with van der Waals surface area (Å²) >= 11 is 0. The highest BCUT2D eigenvalue weighted by atomic mass is 16.6. The Labute approximate surface area is 122 Å². The van der Waals surface area contributed by atoms with Crippen molar-refractivity contribution in [3.63, 3.8) is 0 Å². The minimum Gasteiger partial charge on any atom is -0.368 e. The second-order valence-corrected chi connectivity index (χ2v) is 5.21. The van der Waals surface area contributed by atoms with Crippen LogP contribution in [0.5, 0.6) is 0 Å². The molecule has 8 heteroatoms. The number of pyridine rings is 1. The van der Waals surface area contributed by atoms with Crippen LogP contribution in [-0.4, -0.2) is 52.9 Å². The van der Waals surface area contributed by atoms with Crippen LogP contribution in [0, 0.1) is 17.0 Å². The molecule has 0 bridgehead atoms. The molecule has 2 heterocycles. The van der Waals surface area contributed by atoms with Crippen molar-refractivity contribution in [3.05, 3.63) is 27.9 Å². The monoisotopic (exact) mass is 293 g/mol. The van der Waals surface area contributed by atoms with Crippen molar-refractivity contribution in [2.24, 2.45) is 5.73 Å². The smallest absolute Gasteiger partial charge is 0.311 e. The third kappa shape index (κ3) is 3.27. The lowest BCUT2D eigenvalue weighted by Gasteiger charge is -2.37. The van der Waals surface area contributed by atoms with Crippen molar-refractivity contribution in [1.82, 2.24) is 9.88 Å². The Hall–Kier alpha value is -2.22. The van der Waals surface area contributed by atoms with Crippen LogP contribution < -0.4 is 10.6 Å². The summed E-state index contributed by atoms with van der Waals surface area (Å²) < 4.78 is 0. The molecule has 0 aliphatic carbocycles. The van der Waals surface area contributed by atoms with Gasteiger partial charge in [0.05, 0.1) is 11.0 Å². The Bertz CT molecular complexity index is 555. The minimum atomic E-state index is -0.409. The summed E-state index contributed by atoms with van der Waals surface area (Å²) in [6.07, 6.45) is 1.63. The van der Waals surface area contributed by atoms with E-state index in [0.717, 1.165) is 5.56 Å². The second-order valence-electron chi connectivity index (χ2n) is 5.21. The fraction of sp³-hybridized carbons (Fsp3) is 0.538. The predicted molar refractivity (Wildman–Crippen MR) is 78.1 cm³/mol. The highest BCUT2D eigenvalue weighted by Crippen LogP contribution is 2.27. The summed E-state index contributed by atoms with van der Waals surface area (Å²) in [7, 11) is 0. The van der Waals surface area contributed by atoms with Gasteiger partial charge in [0.25, 0.3) is 0 Å². The van der Waals surface area contributed by atoms with Gasteiger partial charge < -0.3 is 10.6 Å². The lowest BCUT2D eigenvalue weighted by molar-refractivity contribution is -0.384. The Kier molecular flexibility index (Phi) is 4.37. The van der Waals surface area contributed by atoms with Gasteiger partial charge in [0.2, 0.25) is 11.7 Å². The summed E-state index contributed by atoms with van der Waals surface area (Å²) in [6.45, 7) is 5.94. The predicted octanol–water partition coefficient (Wildman–Crippen LogP) is 0.294. The van der Waals surface area contributed by atoms with E-state index >= 15 is 0 Å². The molecule has 2 N–H and O–H groups in total. The highest BCUT2D eigenvalue weighted by Gasteiger charge is 2.28. The van der Waals surface area contributed by atoms with Crippen LogP contribution in [-0.2, 0) is 4.79 Å². The summed E-state index contributed by atoms with van der Waals surface area (Å²) in [5.41, 5.74) is 6.07. The number of aromatic nitrogens is 1. The van der Waals surface area contributed by atoms with E-state index in [1.165, 1.54) is 6.07 Å². The van der Waals surface area contributed by atoms with E-state index in [4.69, 9.17) is 5.73 Å². The van der Waals surface area contributed by atoms with Gasteiger partial charge in [0.1, 0.15) is 0 Å². The Balaban J connectivity index is 2.12. The molecular weight excluding hydrogens is 274 g/mol. The van der Waals surface area contributed by atoms with Crippen molar-refractivity contribution in [2.75, 3.05) is 31.1 Å². The SMILES string of the molecule is Cc1cnc(N2CCN([C@H](C)C(N)=O)CC2)c([N+](=O)[O-])c1. The number of carbonyl (C=O) groups excluding carboxylic acids is 1. The maximum Gasteiger partial charge on any atom is 0.311 e. The number of anilines is 1. The second kappa shape index (κ2) is 6.04. The maximum absolute atomic E-state index is 11.2. The van der Waals surface area contributed by atoms with Gasteiger partial charge >= 0.3 is 5.69 Å². The summed E-state index contributed by atoms with van der Waals surface area (Å²) in [4.78, 5) is 30.0. The van der Waals surface area contributed by atoms with Gasteiger partial charge in [0.15, 0.2) is 0 Å². The standard InChI is InChI=1S/C13H19N5O3/c1-9-7-11(18(20)21)13(15-8-9)17-5-3-16(4-6-17)10(2)12(14)19/h7-8,10H,3-6H2,1-2H3,(H2,14,19)/t10-/m1/s1. The molecule has 1 fully saturated rings. The van der Waals surface area contributed by atoms with Gasteiger partial charge in [-0.25, -0.2) is 4.98 Å². The van der Waals surface area contributed by atoms with Crippen LogP contribution in [0.2, 0.25) is 0 Å². The molecule has 0 radical (unpaired) electrons. The number of aryl methyl sites for hydroxylation is 1. The zero-order valence-corrected chi connectivity index (χ0v) is 12.2. The number of hydrogen-bond acceptors (Lipinski definition) is 6. The van der Waals surface area contributed by atoms with Crippen LogP contribution in [0.25, 0.3) is 0 Å². The molecule has 8 nitrogen and oxygen atoms in total. The zero-order chi connectivity index (χ0) is 15.6. The average molecular weight is 293 g/mol. The van der Waals surface area contributed by atoms with E-state index in [2.05, 4.69) is 4.98 Å². The van der Waals surface area contributed by atoms with Crippen LogP contribution in [0.15, 0.2) is 12.3 Å². The van der Waals surface area contributed by atoms with E-state index in [1.54, 1.807) is 20.0 Å². The van der Waals surface area contributed by atoms with Gasteiger partial charge in [-0.3, -0.25) is 19.8 Å². The Morgan fingerprint density at radius 1 is 1.43 bits per heavy atom. The van der Waals surface area contributed by atoms with Crippen LogP contribution in [0.1, 0.15) is 12.5 Å². The molecule has 0 spiro atoms.